The maximum atomic E-state index is 4.78. The SMILES string of the molecule is Cc1ccc2ccc3ccc(/C=C\c4ccc[nH]4)nc3c2n1. The minimum atomic E-state index is 0.929. The second-order valence-corrected chi connectivity index (χ2v) is 5.36. The van der Waals surface area contributed by atoms with Crippen molar-refractivity contribution in [2.45, 2.75) is 6.92 Å². The number of nitrogens with one attached hydrogen (secondary N) is 1. The molecule has 22 heavy (non-hydrogen) atoms. The molecule has 0 atom stereocenters. The maximum absolute atomic E-state index is 4.78. The Morgan fingerprint density at radius 1 is 0.818 bits per heavy atom. The summed E-state index contributed by atoms with van der Waals surface area (Å²) < 4.78 is 0. The van der Waals surface area contributed by atoms with Crippen molar-refractivity contribution >= 4 is 34.0 Å². The molecule has 106 valence electrons. The van der Waals surface area contributed by atoms with Crippen LogP contribution >= 0.6 is 0 Å². The Labute approximate surface area is 128 Å². The zero-order chi connectivity index (χ0) is 14.9. The summed E-state index contributed by atoms with van der Waals surface area (Å²) in [5.41, 5.74) is 4.92. The van der Waals surface area contributed by atoms with Crippen LogP contribution in [-0.4, -0.2) is 15.0 Å². The first-order chi connectivity index (χ1) is 10.8. The molecule has 0 saturated carbocycles. The van der Waals surface area contributed by atoms with Crippen LogP contribution in [0.2, 0.25) is 0 Å². The molecule has 3 nitrogen and oxygen atoms in total. The summed E-state index contributed by atoms with van der Waals surface area (Å²) in [7, 11) is 0. The van der Waals surface area contributed by atoms with Crippen LogP contribution in [0.5, 0.6) is 0 Å². The fourth-order valence-electron chi connectivity index (χ4n) is 2.60. The molecule has 0 bridgehead atoms. The van der Waals surface area contributed by atoms with E-state index in [9.17, 15) is 0 Å². The number of pyridine rings is 2. The van der Waals surface area contributed by atoms with Gasteiger partial charge < -0.3 is 4.98 Å². The van der Waals surface area contributed by atoms with Crippen molar-refractivity contribution < 1.29 is 0 Å². The Hall–Kier alpha value is -2.94. The number of aromatic nitrogens is 3. The molecule has 0 aliphatic carbocycles. The molecule has 3 heterocycles. The number of aromatic amines is 1. The Morgan fingerprint density at radius 2 is 1.55 bits per heavy atom. The predicted molar refractivity (Wildman–Crippen MR) is 91.5 cm³/mol. The highest BCUT2D eigenvalue weighted by Gasteiger charge is 2.04. The van der Waals surface area contributed by atoms with Gasteiger partial charge in [0.1, 0.15) is 0 Å². The van der Waals surface area contributed by atoms with Crippen molar-refractivity contribution in [1.82, 2.24) is 15.0 Å². The third-order valence-corrected chi connectivity index (χ3v) is 3.74. The van der Waals surface area contributed by atoms with Crippen molar-refractivity contribution in [2.24, 2.45) is 0 Å². The lowest BCUT2D eigenvalue weighted by atomic mass is 10.1. The fourth-order valence-corrected chi connectivity index (χ4v) is 2.60. The van der Waals surface area contributed by atoms with Gasteiger partial charge >= 0.3 is 0 Å². The molecule has 3 aromatic heterocycles. The van der Waals surface area contributed by atoms with Crippen molar-refractivity contribution in [3.8, 4) is 0 Å². The minimum absolute atomic E-state index is 0.929. The van der Waals surface area contributed by atoms with Gasteiger partial charge in [-0.05, 0) is 43.3 Å². The molecule has 1 aromatic carbocycles. The van der Waals surface area contributed by atoms with Gasteiger partial charge in [0.25, 0.3) is 0 Å². The molecule has 0 saturated heterocycles. The predicted octanol–water partition coefficient (Wildman–Crippen LogP) is 4.59. The van der Waals surface area contributed by atoms with E-state index in [-0.39, 0.29) is 0 Å². The zero-order valence-corrected chi connectivity index (χ0v) is 12.2. The van der Waals surface area contributed by atoms with Crippen LogP contribution in [0.4, 0.5) is 0 Å². The van der Waals surface area contributed by atoms with Gasteiger partial charge in [-0.25, -0.2) is 4.98 Å². The normalized spacial score (nSPS) is 11.7. The number of fused-ring (bicyclic) bond motifs is 3. The Balaban J connectivity index is 1.88. The van der Waals surface area contributed by atoms with Crippen molar-refractivity contribution in [2.75, 3.05) is 0 Å². The van der Waals surface area contributed by atoms with Crippen molar-refractivity contribution in [3.63, 3.8) is 0 Å². The van der Waals surface area contributed by atoms with E-state index in [1.165, 1.54) is 0 Å². The molecule has 0 amide bonds. The van der Waals surface area contributed by atoms with Gasteiger partial charge in [-0.2, -0.15) is 0 Å². The van der Waals surface area contributed by atoms with Crippen molar-refractivity contribution in [3.05, 3.63) is 71.8 Å². The summed E-state index contributed by atoms with van der Waals surface area (Å²) >= 11 is 0. The first-order valence-corrected chi connectivity index (χ1v) is 7.28. The minimum Gasteiger partial charge on any atom is -0.362 e. The van der Waals surface area contributed by atoms with E-state index >= 15 is 0 Å². The van der Waals surface area contributed by atoms with Gasteiger partial charge in [-0.1, -0.05) is 24.3 Å². The lowest BCUT2D eigenvalue weighted by molar-refractivity contribution is 1.25. The molecule has 1 N–H and O–H groups in total. The van der Waals surface area contributed by atoms with Crippen LogP contribution in [0.15, 0.2) is 54.7 Å². The first-order valence-electron chi connectivity index (χ1n) is 7.28. The van der Waals surface area contributed by atoms with E-state index in [0.717, 1.165) is 38.9 Å². The summed E-state index contributed by atoms with van der Waals surface area (Å²) in [5.74, 6) is 0. The van der Waals surface area contributed by atoms with E-state index in [1.54, 1.807) is 0 Å². The monoisotopic (exact) mass is 285 g/mol. The van der Waals surface area contributed by atoms with E-state index in [1.807, 2.05) is 49.5 Å². The highest BCUT2D eigenvalue weighted by Crippen LogP contribution is 2.23. The Bertz CT molecular complexity index is 982. The lowest BCUT2D eigenvalue weighted by Crippen LogP contribution is -1.89. The Kier molecular flexibility index (Phi) is 2.97. The number of hydrogen-bond acceptors (Lipinski definition) is 2. The molecule has 0 aliphatic heterocycles. The second-order valence-electron chi connectivity index (χ2n) is 5.36. The lowest BCUT2D eigenvalue weighted by Gasteiger charge is -2.04. The average Bonchev–Trinajstić information content (AvgIpc) is 3.06. The number of aryl methyl sites for hydroxylation is 1. The molecule has 4 aromatic rings. The average molecular weight is 285 g/mol. The summed E-state index contributed by atoms with van der Waals surface area (Å²) in [6.45, 7) is 2.01. The molecule has 0 unspecified atom stereocenters. The van der Waals surface area contributed by atoms with E-state index < -0.39 is 0 Å². The van der Waals surface area contributed by atoms with Gasteiger partial charge in [0, 0.05) is 28.4 Å². The molecular weight excluding hydrogens is 270 g/mol. The van der Waals surface area contributed by atoms with Crippen LogP contribution < -0.4 is 0 Å². The maximum Gasteiger partial charge on any atom is 0.0971 e. The van der Waals surface area contributed by atoms with E-state index in [2.05, 4.69) is 34.2 Å². The van der Waals surface area contributed by atoms with Crippen LogP contribution in [0.25, 0.3) is 34.0 Å². The largest absolute Gasteiger partial charge is 0.362 e. The van der Waals surface area contributed by atoms with Crippen LogP contribution in [0.3, 0.4) is 0 Å². The van der Waals surface area contributed by atoms with Gasteiger partial charge in [0.05, 0.1) is 16.7 Å². The molecule has 0 spiro atoms. The number of rotatable bonds is 2. The summed E-state index contributed by atoms with van der Waals surface area (Å²) in [5, 5.41) is 2.23. The van der Waals surface area contributed by atoms with E-state index in [0.29, 0.717) is 0 Å². The zero-order valence-electron chi connectivity index (χ0n) is 12.2. The Morgan fingerprint density at radius 3 is 2.32 bits per heavy atom. The highest BCUT2D eigenvalue weighted by molar-refractivity contribution is 6.03. The summed E-state index contributed by atoms with van der Waals surface area (Å²) in [4.78, 5) is 12.6. The molecule has 0 aliphatic rings. The van der Waals surface area contributed by atoms with Gasteiger partial charge in [-0.15, -0.1) is 0 Å². The van der Waals surface area contributed by atoms with Crippen LogP contribution in [0, 0.1) is 6.92 Å². The smallest absolute Gasteiger partial charge is 0.0971 e. The number of hydrogen-bond donors (Lipinski definition) is 1. The highest BCUT2D eigenvalue weighted by atomic mass is 14.8. The van der Waals surface area contributed by atoms with Crippen LogP contribution in [-0.2, 0) is 0 Å². The summed E-state index contributed by atoms with van der Waals surface area (Å²) in [6.07, 6.45) is 5.95. The van der Waals surface area contributed by atoms with Gasteiger partial charge in [0.15, 0.2) is 0 Å². The first kappa shape index (κ1) is 12.8. The topological polar surface area (TPSA) is 41.6 Å². The number of benzene rings is 1. The van der Waals surface area contributed by atoms with E-state index in [4.69, 9.17) is 4.98 Å². The molecule has 4 rings (SSSR count). The van der Waals surface area contributed by atoms with Crippen LogP contribution in [0.1, 0.15) is 17.1 Å². The fraction of sp³-hybridized carbons (Fsp3) is 0.0526. The third-order valence-electron chi connectivity index (χ3n) is 3.74. The number of H-pyrrole nitrogens is 1. The quantitative estimate of drug-likeness (QED) is 0.547. The number of nitrogens with zero attached hydrogens (tertiary/aromatic N) is 2. The molecule has 3 heteroatoms. The second kappa shape index (κ2) is 5.11. The molecule has 0 radical (unpaired) electrons. The van der Waals surface area contributed by atoms with Gasteiger partial charge in [-0.3, -0.25) is 4.98 Å². The molecular formula is C19H15N3. The summed E-state index contributed by atoms with van der Waals surface area (Å²) in [6, 6.07) is 16.5. The van der Waals surface area contributed by atoms with Crippen molar-refractivity contribution in [1.29, 1.82) is 0 Å². The van der Waals surface area contributed by atoms with Gasteiger partial charge in [0.2, 0.25) is 0 Å². The molecule has 0 fully saturated rings. The standard InChI is InChI=1S/C19H15N3/c1-13-4-5-14-6-7-15-8-9-17(22-19(15)18(14)21-13)11-10-16-3-2-12-20-16/h2-12,20H,1H3/b11-10-. The third kappa shape index (κ3) is 2.27.